The molecule has 0 aliphatic heterocycles. The monoisotopic (exact) mass is 283 g/mol. The molecule has 0 bridgehead atoms. The molecule has 0 spiro atoms. The van der Waals surface area contributed by atoms with Gasteiger partial charge in [-0.15, -0.1) is 0 Å². The molecule has 1 rings (SSSR count). The van der Waals surface area contributed by atoms with Crippen LogP contribution in [0.25, 0.3) is 6.08 Å². The number of carbonyl (C=O) groups excluding carboxylic acids is 1. The number of rotatable bonds is 6. The van der Waals surface area contributed by atoms with E-state index in [0.717, 1.165) is 15.3 Å². The number of carbonyl (C=O) groups is 1. The molecule has 6 heteroatoms. The van der Waals surface area contributed by atoms with Crippen LogP contribution in [0.1, 0.15) is 12.5 Å². The van der Waals surface area contributed by atoms with Crippen LogP contribution in [-0.2, 0) is 19.6 Å². The van der Waals surface area contributed by atoms with Crippen molar-refractivity contribution in [2.75, 3.05) is 20.2 Å². The fourth-order valence-corrected chi connectivity index (χ4v) is 2.13. The number of ether oxygens (including phenoxy) is 1. The van der Waals surface area contributed by atoms with E-state index in [4.69, 9.17) is 4.74 Å². The normalized spacial score (nSPS) is 11.9. The number of esters is 1. The maximum atomic E-state index is 11.9. The molecule has 19 heavy (non-hydrogen) atoms. The summed E-state index contributed by atoms with van der Waals surface area (Å²) in [4.78, 5) is 11.2. The summed E-state index contributed by atoms with van der Waals surface area (Å²) in [6.07, 6.45) is 1.48. The zero-order valence-corrected chi connectivity index (χ0v) is 11.8. The summed E-state index contributed by atoms with van der Waals surface area (Å²) in [6, 6.07) is 9.05. The van der Waals surface area contributed by atoms with E-state index in [1.54, 1.807) is 19.1 Å². The minimum Gasteiger partial charge on any atom is -0.465 e. The van der Waals surface area contributed by atoms with Crippen LogP contribution in [0, 0.1) is 0 Å². The quantitative estimate of drug-likeness (QED) is 0.742. The van der Waals surface area contributed by atoms with Gasteiger partial charge >= 0.3 is 5.97 Å². The highest BCUT2D eigenvalue weighted by Gasteiger charge is 2.18. The molecule has 0 amide bonds. The van der Waals surface area contributed by atoms with Gasteiger partial charge in [0.1, 0.15) is 6.54 Å². The van der Waals surface area contributed by atoms with Crippen LogP contribution in [0.5, 0.6) is 0 Å². The zero-order valence-electron chi connectivity index (χ0n) is 10.9. The third-order valence-corrected chi connectivity index (χ3v) is 3.80. The lowest BCUT2D eigenvalue weighted by molar-refractivity contribution is -0.143. The lowest BCUT2D eigenvalue weighted by atomic mass is 10.2. The summed E-state index contributed by atoms with van der Waals surface area (Å²) in [5.74, 6) is -0.568. The maximum absolute atomic E-state index is 11.9. The van der Waals surface area contributed by atoms with Gasteiger partial charge in [-0.1, -0.05) is 30.3 Å². The van der Waals surface area contributed by atoms with Crippen molar-refractivity contribution in [3.05, 3.63) is 41.3 Å². The number of sulfonamides is 1. The van der Waals surface area contributed by atoms with Crippen molar-refractivity contribution in [3.8, 4) is 0 Å². The second-order valence-electron chi connectivity index (χ2n) is 3.82. The molecule has 0 atom stereocenters. The van der Waals surface area contributed by atoms with E-state index < -0.39 is 16.0 Å². The fourth-order valence-electron chi connectivity index (χ4n) is 1.31. The molecule has 0 heterocycles. The van der Waals surface area contributed by atoms with E-state index in [9.17, 15) is 13.2 Å². The topological polar surface area (TPSA) is 63.7 Å². The third-order valence-electron chi connectivity index (χ3n) is 2.32. The van der Waals surface area contributed by atoms with Crippen LogP contribution < -0.4 is 0 Å². The van der Waals surface area contributed by atoms with Gasteiger partial charge in [-0.2, -0.15) is 4.31 Å². The Hall–Kier alpha value is -1.66. The van der Waals surface area contributed by atoms with Crippen molar-refractivity contribution in [3.63, 3.8) is 0 Å². The molecule has 104 valence electrons. The van der Waals surface area contributed by atoms with E-state index in [-0.39, 0.29) is 13.2 Å². The molecule has 0 saturated heterocycles. The number of hydrogen-bond acceptors (Lipinski definition) is 4. The Morgan fingerprint density at radius 3 is 2.53 bits per heavy atom. The molecule has 0 unspecified atom stereocenters. The van der Waals surface area contributed by atoms with Crippen LogP contribution in [-0.4, -0.2) is 38.9 Å². The van der Waals surface area contributed by atoms with Gasteiger partial charge in [0.25, 0.3) is 0 Å². The smallest absolute Gasteiger partial charge is 0.321 e. The third kappa shape index (κ3) is 5.23. The molecular formula is C13H17NO4S. The molecule has 0 aliphatic carbocycles. The molecule has 0 saturated carbocycles. The molecule has 0 fully saturated rings. The number of likely N-dealkylation sites (N-methyl/N-ethyl adjacent to an activating group) is 1. The summed E-state index contributed by atoms with van der Waals surface area (Å²) in [5, 5.41) is 1.07. The minimum absolute atomic E-state index is 0.229. The Bertz CT molecular complexity index is 537. The van der Waals surface area contributed by atoms with Crippen LogP contribution in [0.3, 0.4) is 0 Å². The first-order valence-electron chi connectivity index (χ1n) is 5.81. The minimum atomic E-state index is -3.62. The Balaban J connectivity index is 2.70. The number of nitrogens with zero attached hydrogens (tertiary/aromatic N) is 1. The van der Waals surface area contributed by atoms with Gasteiger partial charge in [0.05, 0.1) is 6.61 Å². The second-order valence-corrected chi connectivity index (χ2v) is 5.74. The highest BCUT2D eigenvalue weighted by molar-refractivity contribution is 7.92. The molecule has 0 N–H and O–H groups in total. The first kappa shape index (κ1) is 15.4. The first-order valence-corrected chi connectivity index (χ1v) is 7.31. The summed E-state index contributed by atoms with van der Waals surface area (Å²) in [5.41, 5.74) is 0.774. The molecule has 5 nitrogen and oxygen atoms in total. The number of benzene rings is 1. The van der Waals surface area contributed by atoms with Gasteiger partial charge in [-0.25, -0.2) is 8.42 Å². The van der Waals surface area contributed by atoms with E-state index >= 15 is 0 Å². The van der Waals surface area contributed by atoms with Crippen molar-refractivity contribution in [2.24, 2.45) is 0 Å². The van der Waals surface area contributed by atoms with Crippen molar-refractivity contribution in [1.82, 2.24) is 4.31 Å². The van der Waals surface area contributed by atoms with Crippen LogP contribution in [0.4, 0.5) is 0 Å². The zero-order chi connectivity index (χ0) is 14.3. The Morgan fingerprint density at radius 1 is 1.32 bits per heavy atom. The van der Waals surface area contributed by atoms with Gasteiger partial charge in [0.2, 0.25) is 10.0 Å². The van der Waals surface area contributed by atoms with Crippen molar-refractivity contribution < 1.29 is 17.9 Å². The van der Waals surface area contributed by atoms with Crippen molar-refractivity contribution in [1.29, 1.82) is 0 Å². The van der Waals surface area contributed by atoms with E-state index in [1.165, 1.54) is 13.1 Å². The van der Waals surface area contributed by atoms with Crippen LogP contribution in [0.2, 0.25) is 0 Å². The van der Waals surface area contributed by atoms with E-state index in [2.05, 4.69) is 0 Å². The fraction of sp³-hybridized carbons (Fsp3) is 0.308. The molecule has 1 aromatic carbocycles. The van der Waals surface area contributed by atoms with Crippen molar-refractivity contribution >= 4 is 22.1 Å². The predicted molar refractivity (Wildman–Crippen MR) is 73.7 cm³/mol. The Morgan fingerprint density at radius 2 is 1.95 bits per heavy atom. The molecule has 0 aromatic heterocycles. The molecule has 0 aliphatic rings. The van der Waals surface area contributed by atoms with Crippen LogP contribution >= 0.6 is 0 Å². The van der Waals surface area contributed by atoms with E-state index in [1.807, 2.05) is 18.2 Å². The first-order chi connectivity index (χ1) is 8.95. The van der Waals surface area contributed by atoms with Gasteiger partial charge in [0, 0.05) is 12.5 Å². The summed E-state index contributed by atoms with van der Waals surface area (Å²) in [7, 11) is -2.29. The second kappa shape index (κ2) is 7.06. The van der Waals surface area contributed by atoms with E-state index in [0.29, 0.717) is 0 Å². The van der Waals surface area contributed by atoms with Gasteiger partial charge in [0.15, 0.2) is 0 Å². The SMILES string of the molecule is CCOC(=O)CN(C)S(=O)(=O)C=Cc1ccccc1. The Labute approximate surface area is 113 Å². The van der Waals surface area contributed by atoms with Gasteiger partial charge in [-0.3, -0.25) is 4.79 Å². The van der Waals surface area contributed by atoms with Gasteiger partial charge < -0.3 is 4.74 Å². The van der Waals surface area contributed by atoms with Crippen LogP contribution in [0.15, 0.2) is 35.7 Å². The summed E-state index contributed by atoms with van der Waals surface area (Å²) in [6.45, 7) is 1.60. The highest BCUT2D eigenvalue weighted by Crippen LogP contribution is 2.06. The molecule has 0 radical (unpaired) electrons. The van der Waals surface area contributed by atoms with Gasteiger partial charge in [-0.05, 0) is 18.6 Å². The molecular weight excluding hydrogens is 266 g/mol. The average molecular weight is 283 g/mol. The lowest BCUT2D eigenvalue weighted by Crippen LogP contribution is -2.31. The standard InChI is InChI=1S/C13H17NO4S/c1-3-18-13(15)11-14(2)19(16,17)10-9-12-7-5-4-6-8-12/h4-10H,3,11H2,1-2H3. The largest absolute Gasteiger partial charge is 0.465 e. The lowest BCUT2D eigenvalue weighted by Gasteiger charge is -2.13. The highest BCUT2D eigenvalue weighted by atomic mass is 32.2. The maximum Gasteiger partial charge on any atom is 0.321 e. The predicted octanol–water partition coefficient (Wildman–Crippen LogP) is 1.48. The summed E-state index contributed by atoms with van der Waals surface area (Å²) >= 11 is 0. The summed E-state index contributed by atoms with van der Waals surface area (Å²) < 4.78 is 29.4. The van der Waals surface area contributed by atoms with Crippen molar-refractivity contribution in [2.45, 2.75) is 6.92 Å². The molecule has 1 aromatic rings. The number of hydrogen-bond donors (Lipinski definition) is 0. The Kier molecular flexibility index (Phi) is 5.72. The average Bonchev–Trinajstić information content (AvgIpc) is 2.38.